The molecule has 166 valence electrons. The van der Waals surface area contributed by atoms with Crippen molar-refractivity contribution in [2.24, 2.45) is 17.5 Å². The van der Waals surface area contributed by atoms with Crippen molar-refractivity contribution in [3.8, 4) is 11.1 Å². The second kappa shape index (κ2) is 10.3. The van der Waals surface area contributed by atoms with Gasteiger partial charge in [-0.15, -0.1) is 0 Å². The van der Waals surface area contributed by atoms with Crippen LogP contribution in [-0.2, 0) is 6.54 Å². The van der Waals surface area contributed by atoms with Crippen molar-refractivity contribution in [3.63, 3.8) is 0 Å². The molecule has 4 heteroatoms. The molecule has 2 fully saturated rings. The summed E-state index contributed by atoms with van der Waals surface area (Å²) >= 11 is 0. The standard InChI is InChI=1S/C27H38N4/c1-21-7-5-10-26(17-21)31(29)20-27(28)25-9-6-8-24(18-25)23-13-11-22(12-14-23)19-30-15-3-2-4-16-30/h6,8-9,11-14,18,20-21,26H,2-5,7,10,15-17,19,28-29H2,1H3/b27-20-. The molecule has 2 aromatic rings. The molecule has 4 nitrogen and oxygen atoms in total. The molecule has 31 heavy (non-hydrogen) atoms. The summed E-state index contributed by atoms with van der Waals surface area (Å²) in [5.41, 5.74) is 12.0. The van der Waals surface area contributed by atoms with E-state index in [1.54, 1.807) is 0 Å². The Kier molecular flexibility index (Phi) is 7.31. The number of nitrogens with zero attached hydrogens (tertiary/aromatic N) is 2. The van der Waals surface area contributed by atoms with E-state index in [0.29, 0.717) is 6.04 Å². The van der Waals surface area contributed by atoms with Crippen LogP contribution in [0.4, 0.5) is 0 Å². The van der Waals surface area contributed by atoms with Gasteiger partial charge in [0, 0.05) is 18.8 Å². The molecule has 0 radical (unpaired) electrons. The number of hydrogen-bond donors (Lipinski definition) is 2. The number of piperidine rings is 1. The van der Waals surface area contributed by atoms with Crippen LogP contribution >= 0.6 is 0 Å². The first-order valence-electron chi connectivity index (χ1n) is 12.0. The number of benzene rings is 2. The number of likely N-dealkylation sites (tertiary alicyclic amines) is 1. The van der Waals surface area contributed by atoms with E-state index in [4.69, 9.17) is 11.6 Å². The zero-order valence-electron chi connectivity index (χ0n) is 19.0. The van der Waals surface area contributed by atoms with Crippen molar-refractivity contribution in [2.45, 2.75) is 64.5 Å². The first kappa shape index (κ1) is 21.9. The predicted octanol–water partition coefficient (Wildman–Crippen LogP) is 5.35. The van der Waals surface area contributed by atoms with Crippen LogP contribution in [0.5, 0.6) is 0 Å². The molecule has 2 atom stereocenters. The summed E-state index contributed by atoms with van der Waals surface area (Å²) in [7, 11) is 0. The van der Waals surface area contributed by atoms with Crippen LogP contribution in [0.15, 0.2) is 54.7 Å². The van der Waals surface area contributed by atoms with Crippen LogP contribution in [0.3, 0.4) is 0 Å². The SMILES string of the molecule is CC1CCCC(N(N)/C=C(\N)c2cccc(-c3ccc(CN4CCCCC4)cc3)c2)C1. The van der Waals surface area contributed by atoms with Crippen molar-refractivity contribution in [1.29, 1.82) is 0 Å². The van der Waals surface area contributed by atoms with Crippen molar-refractivity contribution in [1.82, 2.24) is 9.91 Å². The summed E-state index contributed by atoms with van der Waals surface area (Å²) in [6.07, 6.45) is 10.8. The molecule has 4 rings (SSSR count). The maximum Gasteiger partial charge on any atom is 0.0564 e. The molecule has 1 saturated carbocycles. The van der Waals surface area contributed by atoms with Crippen LogP contribution < -0.4 is 11.6 Å². The average Bonchev–Trinajstić information content (AvgIpc) is 2.80. The van der Waals surface area contributed by atoms with E-state index in [9.17, 15) is 0 Å². The molecule has 4 N–H and O–H groups in total. The van der Waals surface area contributed by atoms with Gasteiger partial charge in [-0.2, -0.15) is 0 Å². The summed E-state index contributed by atoms with van der Waals surface area (Å²) in [5, 5.41) is 1.84. The Balaban J connectivity index is 1.43. The third-order valence-corrected chi connectivity index (χ3v) is 6.96. The molecule has 2 unspecified atom stereocenters. The maximum absolute atomic E-state index is 6.45. The van der Waals surface area contributed by atoms with Crippen molar-refractivity contribution in [3.05, 3.63) is 65.9 Å². The van der Waals surface area contributed by atoms with Gasteiger partial charge in [-0.05, 0) is 73.0 Å². The highest BCUT2D eigenvalue weighted by Gasteiger charge is 2.21. The molecular weight excluding hydrogens is 380 g/mol. The lowest BCUT2D eigenvalue weighted by Gasteiger charge is -2.33. The minimum atomic E-state index is 0.387. The summed E-state index contributed by atoms with van der Waals surface area (Å²) in [5.74, 6) is 7.10. The molecule has 1 aliphatic carbocycles. The molecule has 1 heterocycles. The monoisotopic (exact) mass is 418 g/mol. The van der Waals surface area contributed by atoms with Gasteiger partial charge in [0.2, 0.25) is 0 Å². The molecule has 1 aliphatic heterocycles. The highest BCUT2D eigenvalue weighted by molar-refractivity contribution is 5.71. The normalized spacial score (nSPS) is 23.0. The molecule has 2 aromatic carbocycles. The Labute approximate surface area is 187 Å². The van der Waals surface area contributed by atoms with Gasteiger partial charge in [-0.3, -0.25) is 4.90 Å². The van der Waals surface area contributed by atoms with Gasteiger partial charge < -0.3 is 10.7 Å². The summed E-state index contributed by atoms with van der Waals surface area (Å²) in [4.78, 5) is 2.57. The van der Waals surface area contributed by atoms with E-state index in [1.165, 1.54) is 61.9 Å². The smallest absolute Gasteiger partial charge is 0.0564 e. The minimum Gasteiger partial charge on any atom is -0.397 e. The Bertz CT molecular complexity index is 867. The predicted molar refractivity (Wildman–Crippen MR) is 131 cm³/mol. The Hall–Kier alpha value is -2.30. The van der Waals surface area contributed by atoms with Crippen molar-refractivity contribution >= 4 is 5.70 Å². The maximum atomic E-state index is 6.45. The quantitative estimate of drug-likeness (QED) is 0.490. The second-order valence-electron chi connectivity index (χ2n) is 9.57. The van der Waals surface area contributed by atoms with E-state index in [-0.39, 0.29) is 0 Å². The van der Waals surface area contributed by atoms with Crippen molar-refractivity contribution < 1.29 is 0 Å². The lowest BCUT2D eigenvalue weighted by atomic mass is 9.87. The lowest BCUT2D eigenvalue weighted by Crippen LogP contribution is -2.40. The van der Waals surface area contributed by atoms with Gasteiger partial charge in [0.25, 0.3) is 0 Å². The van der Waals surface area contributed by atoms with Crippen molar-refractivity contribution in [2.75, 3.05) is 13.1 Å². The zero-order chi connectivity index (χ0) is 21.6. The topological polar surface area (TPSA) is 58.5 Å². The van der Waals surface area contributed by atoms with Gasteiger partial charge in [0.05, 0.1) is 5.70 Å². The van der Waals surface area contributed by atoms with E-state index in [0.717, 1.165) is 36.6 Å². The summed E-state index contributed by atoms with van der Waals surface area (Å²) < 4.78 is 0. The highest BCUT2D eigenvalue weighted by Crippen LogP contribution is 2.27. The molecular formula is C27H38N4. The van der Waals surface area contributed by atoms with Crippen LogP contribution in [0.2, 0.25) is 0 Å². The third kappa shape index (κ3) is 5.90. The average molecular weight is 419 g/mol. The van der Waals surface area contributed by atoms with E-state index in [2.05, 4.69) is 60.4 Å². The van der Waals surface area contributed by atoms with Gasteiger partial charge in [-0.25, -0.2) is 5.84 Å². The Morgan fingerprint density at radius 2 is 1.77 bits per heavy atom. The second-order valence-corrected chi connectivity index (χ2v) is 9.57. The fourth-order valence-corrected chi connectivity index (χ4v) is 5.07. The zero-order valence-corrected chi connectivity index (χ0v) is 19.0. The number of hydrazine groups is 1. The largest absolute Gasteiger partial charge is 0.397 e. The summed E-state index contributed by atoms with van der Waals surface area (Å²) in [6.45, 7) is 5.83. The van der Waals surface area contributed by atoms with E-state index in [1.807, 2.05) is 11.2 Å². The van der Waals surface area contributed by atoms with Crippen LogP contribution in [0.25, 0.3) is 16.8 Å². The fraction of sp³-hybridized carbons (Fsp3) is 0.481. The third-order valence-electron chi connectivity index (χ3n) is 6.96. The van der Waals surface area contributed by atoms with E-state index >= 15 is 0 Å². The molecule has 1 saturated heterocycles. The van der Waals surface area contributed by atoms with Crippen LogP contribution in [-0.4, -0.2) is 29.0 Å². The molecule has 0 spiro atoms. The van der Waals surface area contributed by atoms with Gasteiger partial charge in [0.1, 0.15) is 0 Å². The number of hydrogen-bond acceptors (Lipinski definition) is 4. The lowest BCUT2D eigenvalue weighted by molar-refractivity contribution is 0.188. The molecule has 0 amide bonds. The molecule has 2 aliphatic rings. The minimum absolute atomic E-state index is 0.387. The first-order valence-corrected chi connectivity index (χ1v) is 12.0. The summed E-state index contributed by atoms with van der Waals surface area (Å²) in [6, 6.07) is 17.9. The van der Waals surface area contributed by atoms with Gasteiger partial charge in [-0.1, -0.05) is 68.7 Å². The Morgan fingerprint density at radius 1 is 1.00 bits per heavy atom. The molecule has 0 bridgehead atoms. The number of nitrogens with two attached hydrogens (primary N) is 2. The number of rotatable bonds is 6. The van der Waals surface area contributed by atoms with Crippen LogP contribution in [0.1, 0.15) is 63.0 Å². The van der Waals surface area contributed by atoms with Crippen LogP contribution in [0, 0.1) is 5.92 Å². The Morgan fingerprint density at radius 3 is 2.52 bits per heavy atom. The first-order chi connectivity index (χ1) is 15.1. The highest BCUT2D eigenvalue weighted by atomic mass is 15.4. The van der Waals surface area contributed by atoms with Gasteiger partial charge in [0.15, 0.2) is 0 Å². The van der Waals surface area contributed by atoms with E-state index < -0.39 is 0 Å². The van der Waals surface area contributed by atoms with Gasteiger partial charge >= 0.3 is 0 Å². The fourth-order valence-electron chi connectivity index (χ4n) is 5.07. The molecule has 0 aromatic heterocycles.